The quantitative estimate of drug-likeness (QED) is 0.546. The highest BCUT2D eigenvalue weighted by Crippen LogP contribution is 2.31. The second kappa shape index (κ2) is 8.18. The minimum absolute atomic E-state index is 0.0384. The molecule has 28 heavy (non-hydrogen) atoms. The molecule has 0 saturated heterocycles. The van der Waals surface area contributed by atoms with Crippen molar-refractivity contribution in [2.24, 2.45) is 0 Å². The van der Waals surface area contributed by atoms with Crippen LogP contribution in [-0.4, -0.2) is 19.5 Å². The van der Waals surface area contributed by atoms with E-state index in [1.54, 1.807) is 49.4 Å². The van der Waals surface area contributed by atoms with Gasteiger partial charge in [-0.05, 0) is 48.4 Å². The van der Waals surface area contributed by atoms with E-state index in [9.17, 15) is 18.3 Å². The summed E-state index contributed by atoms with van der Waals surface area (Å²) in [4.78, 5) is 12.2. The van der Waals surface area contributed by atoms with Crippen molar-refractivity contribution in [2.45, 2.75) is 11.8 Å². The molecule has 5 nitrogen and oxygen atoms in total. The fourth-order valence-corrected chi connectivity index (χ4v) is 4.89. The van der Waals surface area contributed by atoms with Gasteiger partial charge in [-0.1, -0.05) is 48.0 Å². The summed E-state index contributed by atoms with van der Waals surface area (Å²) in [7, 11) is -3.90. The predicted octanol–water partition coefficient (Wildman–Crippen LogP) is 5.38. The van der Waals surface area contributed by atoms with Crippen molar-refractivity contribution >= 4 is 56.8 Å². The number of hydrogen-bond acceptors (Lipinski definition) is 4. The number of nitrogens with one attached hydrogen (secondary N) is 1. The normalized spacial score (nSPS) is 11.6. The summed E-state index contributed by atoms with van der Waals surface area (Å²) in [5, 5.41) is 10.1. The largest absolute Gasteiger partial charge is 0.477 e. The zero-order valence-corrected chi connectivity index (χ0v) is 17.1. The fraction of sp³-hybridized carbons (Fsp3) is 0.0500. The zero-order chi connectivity index (χ0) is 20.3. The number of hydrogen-bond donors (Lipinski definition) is 2. The first-order valence-corrected chi connectivity index (χ1v) is 10.8. The molecule has 0 amide bonds. The molecule has 0 bridgehead atoms. The minimum atomic E-state index is -3.90. The van der Waals surface area contributed by atoms with E-state index >= 15 is 0 Å². The van der Waals surface area contributed by atoms with Gasteiger partial charge < -0.3 is 5.11 Å². The Morgan fingerprint density at radius 3 is 2.43 bits per heavy atom. The van der Waals surface area contributed by atoms with E-state index in [0.717, 1.165) is 16.9 Å². The first-order chi connectivity index (χ1) is 13.3. The van der Waals surface area contributed by atoms with Crippen molar-refractivity contribution in [1.82, 2.24) is 0 Å². The van der Waals surface area contributed by atoms with Gasteiger partial charge in [0.1, 0.15) is 4.88 Å². The Bertz CT molecular complexity index is 1150. The third kappa shape index (κ3) is 4.62. The van der Waals surface area contributed by atoms with Crippen molar-refractivity contribution in [1.29, 1.82) is 0 Å². The Kier molecular flexibility index (Phi) is 5.88. The minimum Gasteiger partial charge on any atom is -0.477 e. The summed E-state index contributed by atoms with van der Waals surface area (Å²) in [5.74, 6) is -1.20. The summed E-state index contributed by atoms with van der Waals surface area (Å²) < 4.78 is 27.8. The lowest BCUT2D eigenvalue weighted by Crippen LogP contribution is -2.15. The first-order valence-electron chi connectivity index (χ1n) is 8.15. The number of carboxylic acids is 1. The van der Waals surface area contributed by atoms with Crippen LogP contribution in [0.15, 0.2) is 59.5 Å². The van der Waals surface area contributed by atoms with E-state index in [4.69, 9.17) is 11.6 Å². The second-order valence-electron chi connectivity index (χ2n) is 5.95. The highest BCUT2D eigenvalue weighted by Gasteiger charge is 2.22. The molecule has 1 aromatic heterocycles. The molecule has 8 heteroatoms. The van der Waals surface area contributed by atoms with Crippen molar-refractivity contribution in [2.75, 3.05) is 4.72 Å². The number of carboxylic acid groups (broad SMARTS) is 1. The van der Waals surface area contributed by atoms with Gasteiger partial charge in [-0.2, -0.15) is 0 Å². The monoisotopic (exact) mass is 433 g/mol. The standard InChI is InChI=1S/C20H16ClNO4S2/c1-13-4-2-3-5-18(13)28(25,26)22-17-12-16(27-19(17)20(23)24)11-8-14-6-9-15(21)10-7-14/h2-12,22H,1H3,(H,23,24). The molecule has 2 aromatic carbocycles. The van der Waals surface area contributed by atoms with E-state index < -0.39 is 16.0 Å². The van der Waals surface area contributed by atoms with Gasteiger partial charge in [0.15, 0.2) is 0 Å². The molecule has 3 aromatic rings. The number of carbonyl (C=O) groups is 1. The number of anilines is 1. The molecule has 0 aliphatic carbocycles. The third-order valence-electron chi connectivity index (χ3n) is 3.88. The van der Waals surface area contributed by atoms with Crippen LogP contribution in [0.1, 0.15) is 25.7 Å². The van der Waals surface area contributed by atoms with Crippen LogP contribution in [-0.2, 0) is 10.0 Å². The topological polar surface area (TPSA) is 83.5 Å². The molecule has 0 saturated carbocycles. The number of aryl methyl sites for hydroxylation is 1. The van der Waals surface area contributed by atoms with Crippen LogP contribution in [0.2, 0.25) is 5.02 Å². The molecule has 0 unspecified atom stereocenters. The molecule has 144 valence electrons. The highest BCUT2D eigenvalue weighted by atomic mass is 35.5. The molecule has 0 aliphatic heterocycles. The number of benzene rings is 2. The average Bonchev–Trinajstić information content (AvgIpc) is 3.04. The molecule has 0 aliphatic rings. The predicted molar refractivity (Wildman–Crippen MR) is 114 cm³/mol. The van der Waals surface area contributed by atoms with E-state index in [-0.39, 0.29) is 15.5 Å². The van der Waals surface area contributed by atoms with Gasteiger partial charge in [-0.3, -0.25) is 4.72 Å². The van der Waals surface area contributed by atoms with Gasteiger partial charge >= 0.3 is 5.97 Å². The molecule has 0 radical (unpaired) electrons. The third-order valence-corrected chi connectivity index (χ3v) is 6.75. The lowest BCUT2D eigenvalue weighted by Gasteiger charge is -2.09. The SMILES string of the molecule is Cc1ccccc1S(=O)(=O)Nc1cc(C=Cc2ccc(Cl)cc2)sc1C(=O)O. The molecule has 2 N–H and O–H groups in total. The summed E-state index contributed by atoms with van der Waals surface area (Å²) in [6.07, 6.45) is 3.53. The number of aromatic carboxylic acids is 1. The van der Waals surface area contributed by atoms with E-state index in [2.05, 4.69) is 4.72 Å². The molecule has 3 rings (SSSR count). The maximum absolute atomic E-state index is 12.7. The Labute approximate surface area is 172 Å². The molecule has 0 atom stereocenters. The van der Waals surface area contributed by atoms with Crippen LogP contribution >= 0.6 is 22.9 Å². The van der Waals surface area contributed by atoms with Crippen LogP contribution < -0.4 is 4.72 Å². The maximum atomic E-state index is 12.7. The molecular weight excluding hydrogens is 418 g/mol. The van der Waals surface area contributed by atoms with Crippen LogP contribution in [0.5, 0.6) is 0 Å². The van der Waals surface area contributed by atoms with Gasteiger partial charge in [0.25, 0.3) is 10.0 Å². The lowest BCUT2D eigenvalue weighted by atomic mass is 10.2. The number of sulfonamides is 1. The van der Waals surface area contributed by atoms with Crippen molar-refractivity contribution in [3.8, 4) is 0 Å². The summed E-state index contributed by atoms with van der Waals surface area (Å²) >= 11 is 6.85. The van der Waals surface area contributed by atoms with E-state index in [1.165, 1.54) is 12.1 Å². The number of thiophene rings is 1. The Hall–Kier alpha value is -2.61. The molecular formula is C20H16ClNO4S2. The first kappa shape index (κ1) is 20.1. The Morgan fingerprint density at radius 1 is 1.11 bits per heavy atom. The van der Waals surface area contributed by atoms with Gasteiger partial charge in [-0.25, -0.2) is 13.2 Å². The van der Waals surface area contributed by atoms with Gasteiger partial charge in [0.05, 0.1) is 10.6 Å². The van der Waals surface area contributed by atoms with Crippen molar-refractivity contribution < 1.29 is 18.3 Å². The van der Waals surface area contributed by atoms with Crippen molar-refractivity contribution in [3.63, 3.8) is 0 Å². The van der Waals surface area contributed by atoms with E-state index in [1.807, 2.05) is 12.1 Å². The van der Waals surface area contributed by atoms with E-state index in [0.29, 0.717) is 15.5 Å². The molecule has 1 heterocycles. The number of rotatable bonds is 6. The second-order valence-corrected chi connectivity index (χ2v) is 9.12. The maximum Gasteiger partial charge on any atom is 0.348 e. The Balaban J connectivity index is 1.92. The van der Waals surface area contributed by atoms with Crippen LogP contribution in [0.3, 0.4) is 0 Å². The fourth-order valence-electron chi connectivity index (χ4n) is 2.54. The van der Waals surface area contributed by atoms with Crippen LogP contribution in [0, 0.1) is 6.92 Å². The Morgan fingerprint density at radius 2 is 1.79 bits per heavy atom. The summed E-state index contributed by atoms with van der Waals surface area (Å²) in [6, 6.07) is 15.2. The van der Waals surface area contributed by atoms with Gasteiger partial charge in [-0.15, -0.1) is 11.3 Å². The molecule has 0 spiro atoms. The zero-order valence-electron chi connectivity index (χ0n) is 14.7. The average molecular weight is 434 g/mol. The molecule has 0 fully saturated rings. The van der Waals surface area contributed by atoms with Crippen molar-refractivity contribution in [3.05, 3.63) is 80.5 Å². The smallest absolute Gasteiger partial charge is 0.348 e. The lowest BCUT2D eigenvalue weighted by molar-refractivity contribution is 0.0703. The van der Waals surface area contributed by atoms with Crippen LogP contribution in [0.25, 0.3) is 12.2 Å². The van der Waals surface area contributed by atoms with Gasteiger partial charge in [0.2, 0.25) is 0 Å². The highest BCUT2D eigenvalue weighted by molar-refractivity contribution is 7.92. The summed E-state index contributed by atoms with van der Waals surface area (Å²) in [5.41, 5.74) is 1.50. The van der Waals surface area contributed by atoms with Gasteiger partial charge in [0, 0.05) is 9.90 Å². The number of halogens is 1. The van der Waals surface area contributed by atoms with Crippen LogP contribution in [0.4, 0.5) is 5.69 Å². The summed E-state index contributed by atoms with van der Waals surface area (Å²) in [6.45, 7) is 1.68.